The number of rotatable bonds is 7. The molecule has 0 fully saturated rings. The second-order valence-electron chi connectivity index (χ2n) is 3.85. The van der Waals surface area contributed by atoms with E-state index in [9.17, 15) is 4.79 Å². The first kappa shape index (κ1) is 13.6. The predicted octanol–water partition coefficient (Wildman–Crippen LogP) is 1.10. The first-order chi connectivity index (χ1) is 8.29. The van der Waals surface area contributed by atoms with Gasteiger partial charge in [0.2, 0.25) is 0 Å². The minimum Gasteiger partial charge on any atom is -0.395 e. The molecule has 1 rings (SSSR count). The molecule has 17 heavy (non-hydrogen) atoms. The Morgan fingerprint density at radius 2 is 2.18 bits per heavy atom. The minimum atomic E-state index is -0.0925. The van der Waals surface area contributed by atoms with Gasteiger partial charge < -0.3 is 10.0 Å². The summed E-state index contributed by atoms with van der Waals surface area (Å²) in [6.45, 7) is 3.14. The first-order valence-electron chi connectivity index (χ1n) is 5.96. The van der Waals surface area contributed by atoms with Gasteiger partial charge in [-0.1, -0.05) is 19.8 Å². The van der Waals surface area contributed by atoms with Crippen LogP contribution in [0.3, 0.4) is 0 Å². The highest BCUT2D eigenvalue weighted by atomic mass is 16.3. The number of carbonyl (C=O) groups is 1. The van der Waals surface area contributed by atoms with E-state index in [4.69, 9.17) is 5.11 Å². The molecule has 0 unspecified atom stereocenters. The molecule has 1 N–H and O–H groups in total. The molecule has 0 aliphatic carbocycles. The Labute approximate surface area is 101 Å². The van der Waals surface area contributed by atoms with E-state index >= 15 is 0 Å². The molecule has 0 saturated carbocycles. The zero-order chi connectivity index (χ0) is 12.5. The lowest BCUT2D eigenvalue weighted by Crippen LogP contribution is -2.34. The topological polar surface area (TPSA) is 66.3 Å². The van der Waals surface area contributed by atoms with Crippen LogP contribution in [0.1, 0.15) is 36.5 Å². The molecule has 94 valence electrons. The van der Waals surface area contributed by atoms with Crippen LogP contribution in [0, 0.1) is 0 Å². The summed E-state index contributed by atoms with van der Waals surface area (Å²) in [4.78, 5) is 13.7. The third-order valence-corrected chi connectivity index (χ3v) is 2.52. The van der Waals surface area contributed by atoms with Gasteiger partial charge >= 0.3 is 0 Å². The predicted molar refractivity (Wildman–Crippen MR) is 64.5 cm³/mol. The van der Waals surface area contributed by atoms with Gasteiger partial charge in [0.25, 0.3) is 5.91 Å². The summed E-state index contributed by atoms with van der Waals surface area (Å²) in [5.41, 5.74) is 0.518. The standard InChI is InChI=1S/C12H19N3O2/c1-2-3-4-7-15(8-9-16)12(17)11-5-6-13-14-10-11/h5-6,10,16H,2-4,7-9H2,1H3. The van der Waals surface area contributed by atoms with Crippen LogP contribution in [0.2, 0.25) is 0 Å². The van der Waals surface area contributed by atoms with Crippen LogP contribution in [0.25, 0.3) is 0 Å². The number of carbonyl (C=O) groups excluding carboxylic acids is 1. The number of amides is 1. The second-order valence-corrected chi connectivity index (χ2v) is 3.85. The maximum Gasteiger partial charge on any atom is 0.255 e. The number of unbranched alkanes of at least 4 members (excludes halogenated alkanes) is 2. The molecule has 0 saturated heterocycles. The van der Waals surface area contributed by atoms with Crippen LogP contribution in [0.4, 0.5) is 0 Å². The molecule has 0 bridgehead atoms. The van der Waals surface area contributed by atoms with Crippen molar-refractivity contribution in [3.63, 3.8) is 0 Å². The maximum atomic E-state index is 12.1. The van der Waals surface area contributed by atoms with Crippen LogP contribution in [-0.4, -0.2) is 45.8 Å². The third kappa shape index (κ3) is 4.48. The quantitative estimate of drug-likeness (QED) is 0.721. The summed E-state index contributed by atoms with van der Waals surface area (Å²) in [6, 6.07) is 1.64. The molecular weight excluding hydrogens is 218 g/mol. The fourth-order valence-corrected chi connectivity index (χ4v) is 1.59. The van der Waals surface area contributed by atoms with Gasteiger partial charge in [-0.05, 0) is 12.5 Å². The van der Waals surface area contributed by atoms with Crippen LogP contribution in [-0.2, 0) is 0 Å². The molecule has 0 aliphatic heterocycles. The fourth-order valence-electron chi connectivity index (χ4n) is 1.59. The normalized spacial score (nSPS) is 10.2. The Balaban J connectivity index is 2.60. The second kappa shape index (κ2) is 7.73. The number of hydrogen-bond donors (Lipinski definition) is 1. The van der Waals surface area contributed by atoms with Crippen molar-refractivity contribution in [2.24, 2.45) is 0 Å². The van der Waals surface area contributed by atoms with E-state index in [0.29, 0.717) is 18.7 Å². The SMILES string of the molecule is CCCCCN(CCO)C(=O)c1ccnnc1. The van der Waals surface area contributed by atoms with Gasteiger partial charge in [-0.25, -0.2) is 0 Å². The van der Waals surface area contributed by atoms with Crippen molar-refractivity contribution in [2.75, 3.05) is 19.7 Å². The Morgan fingerprint density at radius 3 is 2.76 bits per heavy atom. The summed E-state index contributed by atoms with van der Waals surface area (Å²) in [5, 5.41) is 16.3. The van der Waals surface area contributed by atoms with Crippen molar-refractivity contribution in [1.82, 2.24) is 15.1 Å². The van der Waals surface area contributed by atoms with E-state index in [0.717, 1.165) is 19.3 Å². The van der Waals surface area contributed by atoms with Gasteiger partial charge in [0, 0.05) is 13.1 Å². The van der Waals surface area contributed by atoms with Crippen molar-refractivity contribution in [2.45, 2.75) is 26.2 Å². The molecule has 1 amide bonds. The van der Waals surface area contributed by atoms with E-state index in [1.165, 1.54) is 12.4 Å². The lowest BCUT2D eigenvalue weighted by molar-refractivity contribution is 0.0718. The van der Waals surface area contributed by atoms with Crippen LogP contribution >= 0.6 is 0 Å². The number of nitrogens with zero attached hydrogens (tertiary/aromatic N) is 3. The highest BCUT2D eigenvalue weighted by Gasteiger charge is 2.14. The van der Waals surface area contributed by atoms with E-state index in [1.807, 2.05) is 0 Å². The minimum absolute atomic E-state index is 0.0175. The zero-order valence-electron chi connectivity index (χ0n) is 10.2. The fraction of sp³-hybridized carbons (Fsp3) is 0.583. The average molecular weight is 237 g/mol. The number of aromatic nitrogens is 2. The summed E-state index contributed by atoms with van der Waals surface area (Å²) < 4.78 is 0. The van der Waals surface area contributed by atoms with Crippen LogP contribution < -0.4 is 0 Å². The van der Waals surface area contributed by atoms with Crippen molar-refractivity contribution in [3.05, 3.63) is 24.0 Å². The van der Waals surface area contributed by atoms with Crippen molar-refractivity contribution < 1.29 is 9.90 Å². The van der Waals surface area contributed by atoms with E-state index in [1.54, 1.807) is 11.0 Å². The molecule has 0 aliphatic rings. The molecule has 0 radical (unpaired) electrons. The van der Waals surface area contributed by atoms with Crippen molar-refractivity contribution >= 4 is 5.91 Å². The summed E-state index contributed by atoms with van der Waals surface area (Å²) in [7, 11) is 0. The number of aliphatic hydroxyl groups is 1. The van der Waals surface area contributed by atoms with Gasteiger partial charge in [-0.2, -0.15) is 10.2 Å². The lowest BCUT2D eigenvalue weighted by atomic mass is 10.2. The Hall–Kier alpha value is -1.49. The summed E-state index contributed by atoms with van der Waals surface area (Å²) in [6.07, 6.45) is 6.10. The molecule has 5 heteroatoms. The Bertz CT molecular complexity index is 330. The molecule has 0 spiro atoms. The average Bonchev–Trinajstić information content (AvgIpc) is 2.38. The monoisotopic (exact) mass is 237 g/mol. The first-order valence-corrected chi connectivity index (χ1v) is 5.96. The lowest BCUT2D eigenvalue weighted by Gasteiger charge is -2.21. The van der Waals surface area contributed by atoms with Gasteiger partial charge in [0.15, 0.2) is 0 Å². The summed E-state index contributed by atoms with van der Waals surface area (Å²) >= 11 is 0. The van der Waals surface area contributed by atoms with E-state index in [2.05, 4.69) is 17.1 Å². The molecule has 1 aromatic rings. The van der Waals surface area contributed by atoms with Crippen molar-refractivity contribution in [1.29, 1.82) is 0 Å². The smallest absolute Gasteiger partial charge is 0.255 e. The highest BCUT2D eigenvalue weighted by molar-refractivity contribution is 5.93. The van der Waals surface area contributed by atoms with Crippen LogP contribution in [0.5, 0.6) is 0 Å². The van der Waals surface area contributed by atoms with Gasteiger partial charge in [-0.3, -0.25) is 4.79 Å². The largest absolute Gasteiger partial charge is 0.395 e. The Morgan fingerprint density at radius 1 is 1.35 bits per heavy atom. The van der Waals surface area contributed by atoms with E-state index < -0.39 is 0 Å². The zero-order valence-corrected chi connectivity index (χ0v) is 10.2. The van der Waals surface area contributed by atoms with E-state index in [-0.39, 0.29) is 12.5 Å². The molecular formula is C12H19N3O2. The highest BCUT2D eigenvalue weighted by Crippen LogP contribution is 2.05. The molecule has 0 aromatic carbocycles. The number of aliphatic hydroxyl groups excluding tert-OH is 1. The maximum absolute atomic E-state index is 12.1. The van der Waals surface area contributed by atoms with Gasteiger partial charge in [0.1, 0.15) is 0 Å². The molecule has 1 heterocycles. The van der Waals surface area contributed by atoms with Crippen molar-refractivity contribution in [3.8, 4) is 0 Å². The Kier molecular flexibility index (Phi) is 6.17. The van der Waals surface area contributed by atoms with Gasteiger partial charge in [-0.15, -0.1) is 0 Å². The van der Waals surface area contributed by atoms with Crippen LogP contribution in [0.15, 0.2) is 18.5 Å². The molecule has 0 atom stereocenters. The summed E-state index contributed by atoms with van der Waals surface area (Å²) in [5.74, 6) is -0.0925. The third-order valence-electron chi connectivity index (χ3n) is 2.52. The number of hydrogen-bond acceptors (Lipinski definition) is 4. The van der Waals surface area contributed by atoms with Gasteiger partial charge in [0.05, 0.1) is 24.6 Å². The molecule has 1 aromatic heterocycles. The molecule has 5 nitrogen and oxygen atoms in total.